The minimum atomic E-state index is -0.0959. The molecule has 1 aliphatic rings. The zero-order valence-electron chi connectivity index (χ0n) is 16.3. The molecule has 28 heavy (non-hydrogen) atoms. The minimum absolute atomic E-state index is 0.0959. The van der Waals surface area contributed by atoms with Gasteiger partial charge in [-0.25, -0.2) is 9.97 Å². The summed E-state index contributed by atoms with van der Waals surface area (Å²) in [7, 11) is 4.00. The summed E-state index contributed by atoms with van der Waals surface area (Å²) < 4.78 is 0. The zero-order valence-corrected chi connectivity index (χ0v) is 16.3. The van der Waals surface area contributed by atoms with Crippen LogP contribution in [0.15, 0.2) is 54.6 Å². The average Bonchev–Trinajstić information content (AvgIpc) is 3.11. The van der Waals surface area contributed by atoms with Gasteiger partial charge in [0.25, 0.3) is 5.91 Å². The zero-order chi connectivity index (χ0) is 19.7. The molecule has 6 nitrogen and oxygen atoms in total. The first kappa shape index (κ1) is 18.0. The Hall–Kier alpha value is -3.41. The number of carbonyl (C=O) groups excluding carboxylic acids is 1. The number of nitrogens with one attached hydrogen (secondary N) is 1. The van der Waals surface area contributed by atoms with E-state index in [0.29, 0.717) is 18.2 Å². The lowest BCUT2D eigenvalue weighted by atomic mass is 10.2. The maximum Gasteiger partial charge on any atom is 0.277 e. The van der Waals surface area contributed by atoms with Crippen LogP contribution in [0.5, 0.6) is 0 Å². The Kier molecular flexibility index (Phi) is 4.69. The highest BCUT2D eigenvalue weighted by molar-refractivity contribution is 6.06. The molecule has 2 aromatic carbocycles. The van der Waals surface area contributed by atoms with Gasteiger partial charge in [-0.15, -0.1) is 0 Å². The molecule has 6 heteroatoms. The average molecular weight is 373 g/mol. The first-order chi connectivity index (χ1) is 13.5. The third kappa shape index (κ3) is 3.53. The summed E-state index contributed by atoms with van der Waals surface area (Å²) in [5, 5.41) is 3.20. The summed E-state index contributed by atoms with van der Waals surface area (Å²) in [6.45, 7) is 2.55. The molecular formula is C22H23N5O. The van der Waals surface area contributed by atoms with Crippen molar-refractivity contribution in [1.29, 1.82) is 0 Å². The van der Waals surface area contributed by atoms with Gasteiger partial charge in [-0.1, -0.05) is 18.2 Å². The van der Waals surface area contributed by atoms with Crippen molar-refractivity contribution >= 4 is 28.9 Å². The number of amides is 1. The maximum absolute atomic E-state index is 13.1. The van der Waals surface area contributed by atoms with Crippen LogP contribution in [0.3, 0.4) is 0 Å². The number of hydrogen-bond acceptors (Lipinski definition) is 5. The Labute approximate surface area is 164 Å². The van der Waals surface area contributed by atoms with E-state index in [0.717, 1.165) is 29.2 Å². The van der Waals surface area contributed by atoms with Gasteiger partial charge in [-0.2, -0.15) is 0 Å². The van der Waals surface area contributed by atoms with Crippen molar-refractivity contribution in [3.63, 3.8) is 0 Å². The molecule has 1 N–H and O–H groups in total. The van der Waals surface area contributed by atoms with Crippen LogP contribution < -0.4 is 15.1 Å². The second-order valence-corrected chi connectivity index (χ2v) is 7.12. The topological polar surface area (TPSA) is 61.4 Å². The molecule has 2 heterocycles. The Morgan fingerprint density at radius 1 is 1.07 bits per heavy atom. The van der Waals surface area contributed by atoms with Crippen molar-refractivity contribution in [2.24, 2.45) is 0 Å². The molecule has 0 saturated carbocycles. The van der Waals surface area contributed by atoms with Crippen molar-refractivity contribution in [3.8, 4) is 0 Å². The maximum atomic E-state index is 13.1. The molecule has 0 saturated heterocycles. The number of carbonyl (C=O) groups is 1. The third-order valence-electron chi connectivity index (χ3n) is 4.85. The summed E-state index contributed by atoms with van der Waals surface area (Å²) in [6, 6.07) is 17.7. The molecular weight excluding hydrogens is 350 g/mol. The number of rotatable bonds is 4. The number of aryl methyl sites for hydroxylation is 1. The van der Waals surface area contributed by atoms with E-state index in [9.17, 15) is 4.79 Å². The summed E-state index contributed by atoms with van der Waals surface area (Å²) in [4.78, 5) is 25.8. The number of nitrogens with zero attached hydrogens (tertiary/aromatic N) is 4. The number of fused-ring (bicyclic) bond motifs is 1. The van der Waals surface area contributed by atoms with Crippen molar-refractivity contribution < 1.29 is 4.79 Å². The van der Waals surface area contributed by atoms with Crippen molar-refractivity contribution in [3.05, 3.63) is 71.5 Å². The van der Waals surface area contributed by atoms with Crippen molar-refractivity contribution in [1.82, 2.24) is 9.97 Å². The van der Waals surface area contributed by atoms with Crippen LogP contribution in [0.25, 0.3) is 0 Å². The fraction of sp³-hybridized carbons (Fsp3) is 0.227. The van der Waals surface area contributed by atoms with E-state index in [1.54, 1.807) is 11.0 Å². The van der Waals surface area contributed by atoms with Gasteiger partial charge >= 0.3 is 0 Å². The summed E-state index contributed by atoms with van der Waals surface area (Å²) in [5.74, 6) is 0.329. The van der Waals surface area contributed by atoms with Gasteiger partial charge in [0.15, 0.2) is 0 Å². The van der Waals surface area contributed by atoms with Gasteiger partial charge in [0.2, 0.25) is 5.95 Å². The number of para-hydroxylation sites is 1. The third-order valence-corrected chi connectivity index (χ3v) is 4.85. The van der Waals surface area contributed by atoms with Crippen LogP contribution in [0.4, 0.5) is 23.0 Å². The number of aromatic nitrogens is 2. The lowest BCUT2D eigenvalue weighted by Gasteiger charge is -2.17. The van der Waals surface area contributed by atoms with Crippen LogP contribution in [0, 0.1) is 6.92 Å². The molecule has 0 fully saturated rings. The Bertz CT molecular complexity index is 1010. The van der Waals surface area contributed by atoms with E-state index in [1.165, 1.54) is 5.56 Å². The quantitative estimate of drug-likeness (QED) is 0.754. The van der Waals surface area contributed by atoms with Gasteiger partial charge in [-0.3, -0.25) is 4.79 Å². The normalized spacial score (nSPS) is 12.6. The van der Waals surface area contributed by atoms with E-state index >= 15 is 0 Å². The van der Waals surface area contributed by atoms with Gasteiger partial charge in [0, 0.05) is 43.4 Å². The lowest BCUT2D eigenvalue weighted by Crippen LogP contribution is -2.30. The van der Waals surface area contributed by atoms with Crippen LogP contribution in [0.1, 0.15) is 21.7 Å². The SMILES string of the molecule is Cc1cc(C(=O)N2CCc3ccccc32)nc(Nc2ccc(N(C)C)cc2)n1. The Balaban J connectivity index is 1.58. The molecule has 1 aliphatic heterocycles. The van der Waals surface area contributed by atoms with E-state index in [4.69, 9.17) is 0 Å². The predicted molar refractivity (Wildman–Crippen MR) is 113 cm³/mol. The van der Waals surface area contributed by atoms with E-state index in [-0.39, 0.29) is 5.91 Å². The Morgan fingerprint density at radius 2 is 1.82 bits per heavy atom. The van der Waals surface area contributed by atoms with E-state index in [1.807, 2.05) is 68.4 Å². The predicted octanol–water partition coefficient (Wildman–Crippen LogP) is 3.80. The minimum Gasteiger partial charge on any atom is -0.378 e. The molecule has 0 aliphatic carbocycles. The second-order valence-electron chi connectivity index (χ2n) is 7.12. The second kappa shape index (κ2) is 7.31. The molecule has 0 spiro atoms. The van der Waals surface area contributed by atoms with E-state index in [2.05, 4.69) is 21.4 Å². The number of benzene rings is 2. The molecule has 142 valence electrons. The monoisotopic (exact) mass is 373 g/mol. The molecule has 0 radical (unpaired) electrons. The smallest absolute Gasteiger partial charge is 0.277 e. The highest BCUT2D eigenvalue weighted by Crippen LogP contribution is 2.29. The van der Waals surface area contributed by atoms with Gasteiger partial charge in [0.05, 0.1) is 0 Å². The first-order valence-electron chi connectivity index (χ1n) is 9.31. The molecule has 1 amide bonds. The molecule has 0 atom stereocenters. The first-order valence-corrected chi connectivity index (χ1v) is 9.31. The fourth-order valence-corrected chi connectivity index (χ4v) is 3.39. The van der Waals surface area contributed by atoms with Crippen LogP contribution in [-0.4, -0.2) is 36.5 Å². The van der Waals surface area contributed by atoms with Crippen LogP contribution in [-0.2, 0) is 6.42 Å². The molecule has 4 rings (SSSR count). The number of anilines is 4. The summed E-state index contributed by atoms with van der Waals surface area (Å²) in [6.07, 6.45) is 0.870. The molecule has 0 unspecified atom stereocenters. The van der Waals surface area contributed by atoms with Crippen molar-refractivity contribution in [2.75, 3.05) is 35.8 Å². The van der Waals surface area contributed by atoms with Gasteiger partial charge in [0.1, 0.15) is 5.69 Å². The standard InChI is InChI=1S/C22H23N5O/c1-15-14-19(21(28)27-13-12-16-6-4-5-7-20(16)27)25-22(23-15)24-17-8-10-18(11-9-17)26(2)3/h4-11,14H,12-13H2,1-3H3,(H,23,24,25). The lowest BCUT2D eigenvalue weighted by molar-refractivity contribution is 0.0984. The summed E-state index contributed by atoms with van der Waals surface area (Å²) >= 11 is 0. The Morgan fingerprint density at radius 3 is 2.57 bits per heavy atom. The highest BCUT2D eigenvalue weighted by atomic mass is 16.2. The molecule has 1 aromatic heterocycles. The van der Waals surface area contributed by atoms with Crippen LogP contribution in [0.2, 0.25) is 0 Å². The molecule has 3 aromatic rings. The van der Waals surface area contributed by atoms with Gasteiger partial charge < -0.3 is 15.1 Å². The molecule has 0 bridgehead atoms. The van der Waals surface area contributed by atoms with Gasteiger partial charge in [-0.05, 0) is 55.3 Å². The number of hydrogen-bond donors (Lipinski definition) is 1. The highest BCUT2D eigenvalue weighted by Gasteiger charge is 2.26. The summed E-state index contributed by atoms with van der Waals surface area (Å²) in [5.41, 5.74) is 5.30. The van der Waals surface area contributed by atoms with Crippen molar-refractivity contribution in [2.45, 2.75) is 13.3 Å². The van der Waals surface area contributed by atoms with E-state index < -0.39 is 0 Å². The fourth-order valence-electron chi connectivity index (χ4n) is 3.39. The largest absolute Gasteiger partial charge is 0.378 e. The van der Waals surface area contributed by atoms with Crippen LogP contribution >= 0.6 is 0 Å².